The molecule has 0 bridgehead atoms. The molecule has 0 spiro atoms. The summed E-state index contributed by atoms with van der Waals surface area (Å²) in [6.45, 7) is 1.79. The Hall–Kier alpha value is -5.13. The van der Waals surface area contributed by atoms with Crippen LogP contribution in [0.1, 0.15) is 67.4 Å². The molecule has 2 aromatic carbocycles. The Bertz CT molecular complexity index is 2000. The number of fused-ring (bicyclic) bond motifs is 1. The Kier molecular flexibility index (Phi) is 9.49. The highest BCUT2D eigenvalue weighted by Gasteiger charge is 2.44. The quantitative estimate of drug-likeness (QED) is 0.287. The summed E-state index contributed by atoms with van der Waals surface area (Å²) in [5.74, 6) is 3.66. The van der Waals surface area contributed by atoms with E-state index in [1.54, 1.807) is 26.4 Å². The Labute approximate surface area is 290 Å². The zero-order chi connectivity index (χ0) is 35.0. The lowest BCUT2D eigenvalue weighted by atomic mass is 9.87. The molecule has 3 unspecified atom stereocenters. The summed E-state index contributed by atoms with van der Waals surface area (Å²) in [5.41, 5.74) is 2.89. The molecule has 4 heterocycles. The number of nitrogens with one attached hydrogen (secondary N) is 2. The van der Waals surface area contributed by atoms with Crippen LogP contribution >= 0.6 is 15.9 Å². The van der Waals surface area contributed by atoms with Gasteiger partial charge in [-0.3, -0.25) is 39.0 Å². The monoisotopic (exact) mass is 727 g/mol. The second kappa shape index (κ2) is 13.8. The van der Waals surface area contributed by atoms with Gasteiger partial charge in [0.1, 0.15) is 10.5 Å². The molecule has 2 saturated heterocycles. The first-order chi connectivity index (χ1) is 23.4. The van der Waals surface area contributed by atoms with Gasteiger partial charge in [-0.25, -0.2) is 4.68 Å². The maximum atomic E-state index is 13.2. The number of carbonyl (C=O) groups is 5. The van der Waals surface area contributed by atoms with Gasteiger partial charge in [0, 0.05) is 50.8 Å². The van der Waals surface area contributed by atoms with Gasteiger partial charge < -0.3 is 15.1 Å². The SMILES string of the molecule is CN1CC(Nc2cnn(C)c(=O)c2Br)CC(c2ccc(C(=O)N(C)CC#Cc3ccc4c(c3)C(=O)N(C3CCC(=O)NC3=O)C4=O)cc2)C1. The van der Waals surface area contributed by atoms with Crippen LogP contribution in [0.4, 0.5) is 5.69 Å². The molecule has 13 nitrogen and oxygen atoms in total. The topological polar surface area (TPSA) is 154 Å². The standard InChI is InChI=1S/C35H34BrN7O6/c1-40-18-23(16-24(19-40)38-27-17-37-42(3)35(49)30(27)36)21-7-9-22(10-8-21)32(46)41(2)14-4-5-20-6-11-25-26(15-20)34(48)43(33(25)47)28-12-13-29(44)39-31(28)45/h6-11,15,17,23-24,28,38H,12-14,16,18-19H2,1-3H3,(H,39,44,45). The van der Waals surface area contributed by atoms with Crippen LogP contribution in [-0.2, 0) is 16.6 Å². The third kappa shape index (κ3) is 6.90. The summed E-state index contributed by atoms with van der Waals surface area (Å²) in [5, 5.41) is 9.77. The molecule has 6 rings (SSSR count). The smallest absolute Gasteiger partial charge is 0.282 e. The van der Waals surface area contributed by atoms with Crippen molar-refractivity contribution < 1.29 is 24.0 Å². The highest BCUT2D eigenvalue weighted by Crippen LogP contribution is 2.30. The number of hydrogen-bond acceptors (Lipinski definition) is 9. The predicted octanol–water partition coefficient (Wildman–Crippen LogP) is 1.97. The molecule has 3 aromatic rings. The number of aromatic nitrogens is 2. The van der Waals surface area contributed by atoms with Crippen molar-refractivity contribution in [2.75, 3.05) is 39.0 Å². The van der Waals surface area contributed by atoms with E-state index in [-0.39, 0.29) is 53.9 Å². The van der Waals surface area contributed by atoms with E-state index in [2.05, 4.69) is 55.5 Å². The van der Waals surface area contributed by atoms with E-state index in [1.807, 2.05) is 24.3 Å². The highest BCUT2D eigenvalue weighted by atomic mass is 79.9. The first kappa shape index (κ1) is 33.8. The van der Waals surface area contributed by atoms with Crippen LogP contribution in [0, 0.1) is 11.8 Å². The minimum Gasteiger partial charge on any atom is -0.379 e. The summed E-state index contributed by atoms with van der Waals surface area (Å²) in [6.07, 6.45) is 2.61. The number of aryl methyl sites for hydroxylation is 1. The molecule has 252 valence electrons. The van der Waals surface area contributed by atoms with Gasteiger partial charge in [-0.05, 0) is 77.6 Å². The van der Waals surface area contributed by atoms with Crippen LogP contribution in [0.15, 0.2) is 57.9 Å². The molecule has 5 amide bonds. The third-order valence-electron chi connectivity index (χ3n) is 9.04. The normalized spacial score (nSPS) is 20.7. The lowest BCUT2D eigenvalue weighted by Gasteiger charge is -2.37. The molecule has 3 aliphatic heterocycles. The van der Waals surface area contributed by atoms with Crippen molar-refractivity contribution in [2.24, 2.45) is 7.05 Å². The zero-order valence-corrected chi connectivity index (χ0v) is 28.7. The molecule has 2 N–H and O–H groups in total. The first-order valence-corrected chi connectivity index (χ1v) is 16.6. The minimum absolute atomic E-state index is 0.0457. The van der Waals surface area contributed by atoms with E-state index in [9.17, 15) is 28.8 Å². The summed E-state index contributed by atoms with van der Waals surface area (Å²) >= 11 is 3.39. The lowest BCUT2D eigenvalue weighted by molar-refractivity contribution is -0.136. The van der Waals surface area contributed by atoms with Crippen LogP contribution in [0.3, 0.4) is 0 Å². The fraction of sp³-hybridized carbons (Fsp3) is 0.343. The van der Waals surface area contributed by atoms with Crippen LogP contribution in [0.25, 0.3) is 0 Å². The summed E-state index contributed by atoms with van der Waals surface area (Å²) in [7, 11) is 5.32. The maximum absolute atomic E-state index is 13.2. The molecule has 3 aliphatic rings. The van der Waals surface area contributed by atoms with E-state index in [0.717, 1.165) is 30.0 Å². The number of likely N-dealkylation sites (N-methyl/N-ethyl adjacent to an activating group) is 1. The molecule has 0 aliphatic carbocycles. The van der Waals surface area contributed by atoms with Crippen molar-refractivity contribution in [3.63, 3.8) is 0 Å². The second-order valence-electron chi connectivity index (χ2n) is 12.6. The maximum Gasteiger partial charge on any atom is 0.282 e. The molecule has 1 aromatic heterocycles. The van der Waals surface area contributed by atoms with Gasteiger partial charge in [-0.15, -0.1) is 0 Å². The van der Waals surface area contributed by atoms with E-state index < -0.39 is 29.7 Å². The van der Waals surface area contributed by atoms with E-state index in [4.69, 9.17) is 0 Å². The number of benzene rings is 2. The van der Waals surface area contributed by atoms with Crippen LogP contribution in [0.2, 0.25) is 0 Å². The Morgan fingerprint density at radius 3 is 2.51 bits per heavy atom. The number of piperidine rings is 2. The third-order valence-corrected chi connectivity index (χ3v) is 9.80. The average Bonchev–Trinajstić information content (AvgIpc) is 3.32. The van der Waals surface area contributed by atoms with Gasteiger partial charge in [0.25, 0.3) is 23.3 Å². The molecular formula is C35H34BrN7O6. The Morgan fingerprint density at radius 2 is 1.78 bits per heavy atom. The molecule has 49 heavy (non-hydrogen) atoms. The summed E-state index contributed by atoms with van der Waals surface area (Å²) in [4.78, 5) is 80.0. The van der Waals surface area contributed by atoms with Gasteiger partial charge in [0.05, 0.1) is 29.6 Å². The van der Waals surface area contributed by atoms with E-state index in [0.29, 0.717) is 21.3 Å². The van der Waals surface area contributed by atoms with Crippen molar-refractivity contribution in [1.82, 2.24) is 29.8 Å². The summed E-state index contributed by atoms with van der Waals surface area (Å²) < 4.78 is 1.73. The largest absolute Gasteiger partial charge is 0.379 e. The molecule has 0 saturated carbocycles. The number of likely N-dealkylation sites (tertiary alicyclic amines) is 1. The predicted molar refractivity (Wildman–Crippen MR) is 183 cm³/mol. The number of nitrogens with zero attached hydrogens (tertiary/aromatic N) is 5. The number of amides is 5. The number of imide groups is 2. The molecule has 0 radical (unpaired) electrons. The first-order valence-electron chi connectivity index (χ1n) is 15.8. The number of halogens is 1. The molecule has 14 heteroatoms. The fourth-order valence-corrected chi connectivity index (χ4v) is 6.97. The minimum atomic E-state index is -1.04. The molecular weight excluding hydrogens is 694 g/mol. The number of rotatable bonds is 6. The van der Waals surface area contributed by atoms with Gasteiger partial charge in [0.2, 0.25) is 11.8 Å². The van der Waals surface area contributed by atoms with E-state index in [1.165, 1.54) is 21.7 Å². The van der Waals surface area contributed by atoms with Crippen molar-refractivity contribution >= 4 is 51.2 Å². The van der Waals surface area contributed by atoms with Gasteiger partial charge in [-0.2, -0.15) is 5.10 Å². The number of carbonyl (C=O) groups excluding carboxylic acids is 5. The zero-order valence-electron chi connectivity index (χ0n) is 27.2. The number of hydrogen-bond donors (Lipinski definition) is 2. The lowest BCUT2D eigenvalue weighted by Crippen LogP contribution is -2.54. The Balaban J connectivity index is 1.07. The van der Waals surface area contributed by atoms with Crippen LogP contribution in [0.5, 0.6) is 0 Å². The van der Waals surface area contributed by atoms with Crippen LogP contribution < -0.4 is 16.2 Å². The molecule has 2 fully saturated rings. The van der Waals surface area contributed by atoms with E-state index >= 15 is 0 Å². The Morgan fingerprint density at radius 1 is 1.04 bits per heavy atom. The van der Waals surface area contributed by atoms with Crippen molar-refractivity contribution in [3.05, 3.63) is 91.3 Å². The molecule has 3 atom stereocenters. The van der Waals surface area contributed by atoms with Gasteiger partial charge in [0.15, 0.2) is 0 Å². The van der Waals surface area contributed by atoms with Crippen molar-refractivity contribution in [3.8, 4) is 11.8 Å². The van der Waals surface area contributed by atoms with Gasteiger partial charge in [-0.1, -0.05) is 24.0 Å². The number of anilines is 1. The van der Waals surface area contributed by atoms with Crippen LogP contribution in [-0.4, -0.2) is 99.8 Å². The van der Waals surface area contributed by atoms with Crippen molar-refractivity contribution in [2.45, 2.75) is 37.3 Å². The van der Waals surface area contributed by atoms with Gasteiger partial charge >= 0.3 is 0 Å². The average molecular weight is 729 g/mol. The second-order valence-corrected chi connectivity index (χ2v) is 13.4. The fourth-order valence-electron chi connectivity index (χ4n) is 6.50. The summed E-state index contributed by atoms with van der Waals surface area (Å²) in [6, 6.07) is 11.3. The van der Waals surface area contributed by atoms with Crippen molar-refractivity contribution in [1.29, 1.82) is 0 Å². The highest BCUT2D eigenvalue weighted by molar-refractivity contribution is 9.10.